The van der Waals surface area contributed by atoms with Gasteiger partial charge in [0.2, 0.25) is 11.8 Å². The third-order valence-corrected chi connectivity index (χ3v) is 9.87. The van der Waals surface area contributed by atoms with Gasteiger partial charge in [-0.2, -0.15) is 0 Å². The number of ether oxygens (including phenoxy) is 1. The van der Waals surface area contributed by atoms with E-state index < -0.39 is 9.84 Å². The Bertz CT molecular complexity index is 1290. The summed E-state index contributed by atoms with van der Waals surface area (Å²) < 4.78 is 32.4. The summed E-state index contributed by atoms with van der Waals surface area (Å²) >= 11 is 3.41. The molecule has 2 fully saturated rings. The van der Waals surface area contributed by atoms with Gasteiger partial charge in [-0.05, 0) is 65.0 Å². The Labute approximate surface area is 220 Å². The number of anilines is 2. The van der Waals surface area contributed by atoms with Gasteiger partial charge in [0.25, 0.3) is 0 Å². The Balaban J connectivity index is 1.22. The van der Waals surface area contributed by atoms with Crippen molar-refractivity contribution < 1.29 is 22.7 Å². The fraction of sp³-hybridized carbons (Fsp3) is 0.462. The Morgan fingerprint density at radius 2 is 1.75 bits per heavy atom. The van der Waals surface area contributed by atoms with E-state index in [1.807, 2.05) is 24.3 Å². The van der Waals surface area contributed by atoms with Crippen LogP contribution in [0.3, 0.4) is 0 Å². The molecule has 2 aromatic carbocycles. The molecule has 0 radical (unpaired) electrons. The Morgan fingerprint density at radius 1 is 1.03 bits per heavy atom. The van der Waals surface area contributed by atoms with Crippen molar-refractivity contribution in [3.63, 3.8) is 0 Å². The average Bonchev–Trinajstić information content (AvgIpc) is 3.66. The maximum Gasteiger partial charge on any atom is 0.230 e. The number of para-hydroxylation sites is 2. The second kappa shape index (κ2) is 10.0. The number of benzene rings is 2. The Morgan fingerprint density at radius 3 is 2.44 bits per heavy atom. The van der Waals surface area contributed by atoms with Crippen molar-refractivity contribution in [3.8, 4) is 5.75 Å². The number of halogens is 1. The second-order valence-electron chi connectivity index (χ2n) is 9.53. The standard InChI is InChI=1S/C26H30BrN3O5S/c1-35-23-5-3-2-4-21(23)28-11-13-29(14-12-28)25(31)9-15-36(33,34)24-17-22-19(16-20(24)27)8-10-30(22)26(32)18-6-7-18/h2-5,16-18H,6-15H2,1H3. The van der Waals surface area contributed by atoms with Gasteiger partial charge >= 0.3 is 0 Å². The molecule has 0 aromatic heterocycles. The van der Waals surface area contributed by atoms with Gasteiger partial charge in [0.05, 0.1) is 23.4 Å². The molecule has 2 aliphatic heterocycles. The zero-order chi connectivity index (χ0) is 25.4. The number of carbonyl (C=O) groups excluding carboxylic acids is 2. The summed E-state index contributed by atoms with van der Waals surface area (Å²) in [7, 11) is -2.08. The average molecular weight is 577 g/mol. The zero-order valence-electron chi connectivity index (χ0n) is 20.3. The van der Waals surface area contributed by atoms with Gasteiger partial charge in [0.15, 0.2) is 9.84 Å². The molecule has 0 N–H and O–H groups in total. The molecule has 8 nitrogen and oxygen atoms in total. The Hall–Kier alpha value is -2.59. The molecule has 1 aliphatic carbocycles. The first-order chi connectivity index (χ1) is 17.3. The number of carbonyl (C=O) groups is 2. The SMILES string of the molecule is COc1ccccc1N1CCN(C(=O)CCS(=O)(=O)c2cc3c(cc2Br)CCN3C(=O)C2CC2)CC1. The first-order valence-electron chi connectivity index (χ1n) is 12.3. The number of methoxy groups -OCH3 is 1. The number of amides is 2. The lowest BCUT2D eigenvalue weighted by Gasteiger charge is -2.36. The molecule has 10 heteroatoms. The minimum atomic E-state index is -3.72. The molecule has 0 bridgehead atoms. The van der Waals surface area contributed by atoms with E-state index in [0.29, 0.717) is 49.3 Å². The van der Waals surface area contributed by atoms with Gasteiger partial charge in [0.1, 0.15) is 5.75 Å². The van der Waals surface area contributed by atoms with Crippen molar-refractivity contribution in [2.45, 2.75) is 30.6 Å². The predicted molar refractivity (Wildman–Crippen MR) is 141 cm³/mol. The van der Waals surface area contributed by atoms with Crippen LogP contribution in [-0.2, 0) is 25.8 Å². The monoisotopic (exact) mass is 575 g/mol. The van der Waals surface area contributed by atoms with Crippen LogP contribution < -0.4 is 14.5 Å². The molecule has 192 valence electrons. The number of nitrogens with zero attached hydrogens (tertiary/aromatic N) is 3. The van der Waals surface area contributed by atoms with E-state index in [-0.39, 0.29) is 34.8 Å². The van der Waals surface area contributed by atoms with E-state index in [2.05, 4.69) is 20.8 Å². The van der Waals surface area contributed by atoms with Crippen LogP contribution in [-0.4, -0.2) is 70.7 Å². The van der Waals surface area contributed by atoms with Crippen molar-refractivity contribution in [2.24, 2.45) is 5.92 Å². The molecule has 0 unspecified atom stereocenters. The highest BCUT2D eigenvalue weighted by molar-refractivity contribution is 9.10. The summed E-state index contributed by atoms with van der Waals surface area (Å²) in [5.41, 5.74) is 2.65. The number of rotatable bonds is 7. The highest BCUT2D eigenvalue weighted by Gasteiger charge is 2.37. The largest absolute Gasteiger partial charge is 0.495 e. The number of hydrogen-bond acceptors (Lipinski definition) is 6. The van der Waals surface area contributed by atoms with E-state index in [1.54, 1.807) is 29.0 Å². The van der Waals surface area contributed by atoms with Crippen LogP contribution in [0.1, 0.15) is 24.8 Å². The van der Waals surface area contributed by atoms with Crippen molar-refractivity contribution in [1.82, 2.24) is 4.90 Å². The van der Waals surface area contributed by atoms with Crippen LogP contribution in [0, 0.1) is 5.92 Å². The van der Waals surface area contributed by atoms with Gasteiger partial charge in [-0.3, -0.25) is 9.59 Å². The molecular weight excluding hydrogens is 546 g/mol. The molecule has 1 saturated carbocycles. The minimum Gasteiger partial charge on any atom is -0.495 e. The molecule has 2 aromatic rings. The highest BCUT2D eigenvalue weighted by atomic mass is 79.9. The molecule has 2 heterocycles. The van der Waals surface area contributed by atoms with Crippen LogP contribution in [0.25, 0.3) is 0 Å². The van der Waals surface area contributed by atoms with E-state index in [1.165, 1.54) is 0 Å². The number of fused-ring (bicyclic) bond motifs is 1. The topological polar surface area (TPSA) is 87.2 Å². The molecular formula is C26H30BrN3O5S. The lowest BCUT2D eigenvalue weighted by atomic mass is 10.2. The Kier molecular flexibility index (Phi) is 7.00. The lowest BCUT2D eigenvalue weighted by Crippen LogP contribution is -2.49. The summed E-state index contributed by atoms with van der Waals surface area (Å²) in [6, 6.07) is 11.2. The second-order valence-corrected chi connectivity index (χ2v) is 12.5. The summed E-state index contributed by atoms with van der Waals surface area (Å²) in [5, 5.41) is 0. The highest BCUT2D eigenvalue weighted by Crippen LogP contribution is 2.40. The zero-order valence-corrected chi connectivity index (χ0v) is 22.7. The van der Waals surface area contributed by atoms with E-state index in [9.17, 15) is 18.0 Å². The molecule has 1 saturated heterocycles. The molecule has 0 atom stereocenters. The van der Waals surface area contributed by atoms with Gasteiger partial charge in [-0.1, -0.05) is 12.1 Å². The van der Waals surface area contributed by atoms with Crippen LogP contribution in [0.15, 0.2) is 45.8 Å². The molecule has 3 aliphatic rings. The van der Waals surface area contributed by atoms with Crippen molar-refractivity contribution in [1.29, 1.82) is 0 Å². The smallest absolute Gasteiger partial charge is 0.230 e. The summed E-state index contributed by atoms with van der Waals surface area (Å²) in [5.74, 6) is 0.510. The molecule has 0 spiro atoms. The lowest BCUT2D eigenvalue weighted by molar-refractivity contribution is -0.131. The molecule has 5 rings (SSSR count). The van der Waals surface area contributed by atoms with Crippen molar-refractivity contribution >= 4 is 49.0 Å². The van der Waals surface area contributed by atoms with Crippen LogP contribution in [0.2, 0.25) is 0 Å². The summed E-state index contributed by atoms with van der Waals surface area (Å²) in [4.78, 5) is 31.3. The first-order valence-corrected chi connectivity index (χ1v) is 14.8. The predicted octanol–water partition coefficient (Wildman–Crippen LogP) is 3.27. The van der Waals surface area contributed by atoms with Gasteiger partial charge in [-0.15, -0.1) is 0 Å². The number of sulfone groups is 1. The van der Waals surface area contributed by atoms with Gasteiger partial charge < -0.3 is 19.4 Å². The van der Waals surface area contributed by atoms with Crippen LogP contribution in [0.5, 0.6) is 5.75 Å². The first kappa shape index (κ1) is 25.1. The number of hydrogen-bond donors (Lipinski definition) is 0. The third-order valence-electron chi connectivity index (χ3n) is 7.20. The van der Waals surface area contributed by atoms with E-state index in [0.717, 1.165) is 29.8 Å². The van der Waals surface area contributed by atoms with Gasteiger partial charge in [0, 0.05) is 55.2 Å². The molecule has 2 amide bonds. The minimum absolute atomic E-state index is 0.0701. The van der Waals surface area contributed by atoms with Crippen LogP contribution >= 0.6 is 15.9 Å². The quantitative estimate of drug-likeness (QED) is 0.503. The van der Waals surface area contributed by atoms with Gasteiger partial charge in [-0.25, -0.2) is 8.42 Å². The van der Waals surface area contributed by atoms with Crippen molar-refractivity contribution in [2.75, 3.05) is 55.4 Å². The van der Waals surface area contributed by atoms with E-state index >= 15 is 0 Å². The maximum atomic E-state index is 13.2. The van der Waals surface area contributed by atoms with Crippen LogP contribution in [0.4, 0.5) is 11.4 Å². The fourth-order valence-corrected chi connectivity index (χ4v) is 7.42. The molecule has 36 heavy (non-hydrogen) atoms. The number of piperazine rings is 1. The normalized spacial score (nSPS) is 17.8. The summed E-state index contributed by atoms with van der Waals surface area (Å²) in [6.45, 7) is 2.94. The third kappa shape index (κ3) is 4.98. The maximum absolute atomic E-state index is 13.2. The van der Waals surface area contributed by atoms with Crippen molar-refractivity contribution in [3.05, 3.63) is 46.4 Å². The summed E-state index contributed by atoms with van der Waals surface area (Å²) in [6.07, 6.45) is 2.44. The fourth-order valence-electron chi connectivity index (χ4n) is 4.98. The van der Waals surface area contributed by atoms with E-state index in [4.69, 9.17) is 4.74 Å².